The Morgan fingerprint density at radius 1 is 1.19 bits per heavy atom. The second kappa shape index (κ2) is 7.02. The van der Waals surface area contributed by atoms with E-state index in [0.29, 0.717) is 12.0 Å². The molecule has 27 heavy (non-hydrogen) atoms. The molecule has 3 aliphatic rings. The molecule has 1 saturated heterocycles. The number of piperidine rings is 1. The summed E-state index contributed by atoms with van der Waals surface area (Å²) in [5.74, 6) is 1.74. The first-order valence-electron chi connectivity index (χ1n) is 10.2. The van der Waals surface area contributed by atoms with Crippen molar-refractivity contribution >= 4 is 22.7 Å². The lowest BCUT2D eigenvalue weighted by Crippen LogP contribution is -2.49. The van der Waals surface area contributed by atoms with Crippen LogP contribution < -0.4 is 14.5 Å². The van der Waals surface area contributed by atoms with Gasteiger partial charge in [0, 0.05) is 50.1 Å². The smallest absolute Gasteiger partial charge is 0.132 e. The molecule has 144 valence electrons. The number of hydrogen-bond acceptors (Lipinski definition) is 5. The van der Waals surface area contributed by atoms with E-state index in [9.17, 15) is 0 Å². The molecule has 4 nitrogen and oxygen atoms in total. The third-order valence-corrected chi connectivity index (χ3v) is 7.65. The lowest BCUT2D eigenvalue weighted by Gasteiger charge is -2.41. The Kier molecular flexibility index (Phi) is 4.52. The molecule has 1 aromatic carbocycles. The number of fused-ring (bicyclic) bond motifs is 3. The lowest BCUT2D eigenvalue weighted by molar-refractivity contribution is 0.191. The Balaban J connectivity index is 1.27. The third-order valence-electron chi connectivity index (χ3n) is 6.68. The molecule has 5 heteroatoms. The molecule has 0 spiro atoms. The van der Waals surface area contributed by atoms with Gasteiger partial charge in [0.1, 0.15) is 5.75 Å². The number of benzene rings is 1. The van der Waals surface area contributed by atoms with E-state index in [1.807, 2.05) is 11.3 Å². The molecule has 0 unspecified atom stereocenters. The summed E-state index contributed by atoms with van der Waals surface area (Å²) in [6.07, 6.45) is 3.64. The zero-order valence-corrected chi connectivity index (χ0v) is 17.2. The van der Waals surface area contributed by atoms with Crippen LogP contribution in [0.4, 0.5) is 11.4 Å². The van der Waals surface area contributed by atoms with Gasteiger partial charge in [-0.2, -0.15) is 0 Å². The van der Waals surface area contributed by atoms with Gasteiger partial charge in [-0.3, -0.25) is 0 Å². The van der Waals surface area contributed by atoms with Gasteiger partial charge in [0.2, 0.25) is 0 Å². The predicted molar refractivity (Wildman–Crippen MR) is 114 cm³/mol. The summed E-state index contributed by atoms with van der Waals surface area (Å²) in [6.45, 7) is 5.96. The molecule has 4 heterocycles. The summed E-state index contributed by atoms with van der Waals surface area (Å²) in [5.41, 5.74) is 4.56. The first kappa shape index (κ1) is 17.4. The van der Waals surface area contributed by atoms with Crippen LogP contribution in [0, 0.1) is 0 Å². The summed E-state index contributed by atoms with van der Waals surface area (Å²) in [4.78, 5) is 9.24. The number of ether oxygens (including phenoxy) is 1. The fraction of sp³-hybridized carbons (Fsp3) is 0.545. The summed E-state index contributed by atoms with van der Waals surface area (Å²) in [5, 5.41) is 2.14. The number of nitrogens with zero attached hydrogens (tertiary/aromatic N) is 3. The number of likely N-dealkylation sites (N-methyl/N-ethyl adjacent to an activating group) is 1. The van der Waals surface area contributed by atoms with E-state index in [1.54, 1.807) is 12.7 Å². The second-order valence-corrected chi connectivity index (χ2v) is 9.11. The normalized spacial score (nSPS) is 24.1. The Labute approximate surface area is 166 Å². The Morgan fingerprint density at radius 2 is 2.11 bits per heavy atom. The van der Waals surface area contributed by atoms with Gasteiger partial charge >= 0.3 is 0 Å². The average molecular weight is 384 g/mol. The van der Waals surface area contributed by atoms with Crippen LogP contribution in [-0.2, 0) is 6.42 Å². The van der Waals surface area contributed by atoms with Crippen LogP contribution in [0.15, 0.2) is 29.6 Å². The number of likely N-dealkylation sites (tertiary alicyclic amines) is 1. The summed E-state index contributed by atoms with van der Waals surface area (Å²) < 4.78 is 5.46. The van der Waals surface area contributed by atoms with E-state index in [0.717, 1.165) is 18.7 Å². The largest absolute Gasteiger partial charge is 0.496 e. The van der Waals surface area contributed by atoms with E-state index >= 15 is 0 Å². The van der Waals surface area contributed by atoms with E-state index in [1.165, 1.54) is 55.3 Å². The quantitative estimate of drug-likeness (QED) is 0.781. The van der Waals surface area contributed by atoms with Crippen LogP contribution in [-0.4, -0.2) is 57.8 Å². The van der Waals surface area contributed by atoms with Crippen molar-refractivity contribution in [2.75, 3.05) is 56.7 Å². The molecular weight excluding hydrogens is 354 g/mol. The molecular formula is C22H29N3OS. The van der Waals surface area contributed by atoms with Crippen LogP contribution in [0.3, 0.4) is 0 Å². The zero-order chi connectivity index (χ0) is 18.4. The second-order valence-electron chi connectivity index (χ2n) is 8.11. The molecule has 2 aromatic rings. The fourth-order valence-electron chi connectivity index (χ4n) is 5.34. The van der Waals surface area contributed by atoms with Crippen molar-refractivity contribution in [3.05, 3.63) is 40.1 Å². The maximum Gasteiger partial charge on any atom is 0.132 e. The highest BCUT2D eigenvalue weighted by atomic mass is 32.1. The predicted octanol–water partition coefficient (Wildman–Crippen LogP) is 3.82. The highest BCUT2D eigenvalue weighted by molar-refractivity contribution is 7.10. The van der Waals surface area contributed by atoms with Crippen molar-refractivity contribution in [2.45, 2.75) is 31.2 Å². The van der Waals surface area contributed by atoms with Crippen molar-refractivity contribution in [1.82, 2.24) is 4.90 Å². The minimum atomic E-state index is 0.677. The van der Waals surface area contributed by atoms with E-state index < -0.39 is 0 Å². The van der Waals surface area contributed by atoms with E-state index in [2.05, 4.69) is 51.4 Å². The minimum Gasteiger partial charge on any atom is -0.496 e. The zero-order valence-electron chi connectivity index (χ0n) is 16.4. The third kappa shape index (κ3) is 2.92. The molecule has 1 aromatic heterocycles. The molecule has 0 bridgehead atoms. The molecule has 0 aliphatic carbocycles. The number of hydrogen-bond donors (Lipinski definition) is 0. The van der Waals surface area contributed by atoms with Gasteiger partial charge in [0.25, 0.3) is 0 Å². The van der Waals surface area contributed by atoms with E-state index in [-0.39, 0.29) is 0 Å². The van der Waals surface area contributed by atoms with Crippen molar-refractivity contribution in [2.24, 2.45) is 0 Å². The fourth-order valence-corrected chi connectivity index (χ4v) is 6.22. The van der Waals surface area contributed by atoms with E-state index in [4.69, 9.17) is 4.74 Å². The van der Waals surface area contributed by atoms with Crippen molar-refractivity contribution in [3.63, 3.8) is 0 Å². The van der Waals surface area contributed by atoms with Crippen LogP contribution in [0.25, 0.3) is 0 Å². The van der Waals surface area contributed by atoms with Gasteiger partial charge in [-0.1, -0.05) is 12.1 Å². The number of thiophene rings is 1. The Hall–Kier alpha value is -1.72. The Bertz CT molecular complexity index is 820. The van der Waals surface area contributed by atoms with Gasteiger partial charge in [-0.15, -0.1) is 11.3 Å². The number of anilines is 2. The highest BCUT2D eigenvalue weighted by Crippen LogP contribution is 2.50. The average Bonchev–Trinajstić information content (AvgIpc) is 3.28. The number of rotatable bonds is 5. The molecule has 2 atom stereocenters. The van der Waals surface area contributed by atoms with Gasteiger partial charge in [0.15, 0.2) is 0 Å². The monoisotopic (exact) mass is 383 g/mol. The topological polar surface area (TPSA) is 19.0 Å². The summed E-state index contributed by atoms with van der Waals surface area (Å²) >= 11 is 1.82. The van der Waals surface area contributed by atoms with Gasteiger partial charge in [-0.05, 0) is 48.9 Å². The number of aryl methyl sites for hydroxylation is 1. The van der Waals surface area contributed by atoms with Crippen LogP contribution in [0.2, 0.25) is 0 Å². The van der Waals surface area contributed by atoms with Crippen LogP contribution in [0.5, 0.6) is 5.75 Å². The van der Waals surface area contributed by atoms with Crippen LogP contribution in [0.1, 0.15) is 29.2 Å². The lowest BCUT2D eigenvalue weighted by atomic mass is 9.89. The first-order valence-corrected chi connectivity index (χ1v) is 11.1. The summed E-state index contributed by atoms with van der Waals surface area (Å²) in [7, 11) is 4.01. The molecule has 0 saturated carbocycles. The van der Waals surface area contributed by atoms with Crippen molar-refractivity contribution in [3.8, 4) is 5.75 Å². The van der Waals surface area contributed by atoms with Crippen molar-refractivity contribution < 1.29 is 4.74 Å². The molecule has 0 radical (unpaired) electrons. The molecule has 0 amide bonds. The standard InChI is InChI=1S/C22H29N3OS/c1-23-12-13-25-18-8-11-24(10-4-7-21-20(26-2)9-14-27-21)15-17(18)16-5-3-6-19(23)22(16)25/h3,5-6,9,14,17-18H,4,7-8,10-13,15H2,1-2H3/t17-,18-/m0/s1. The SMILES string of the molecule is COc1ccsc1CCCN1CC[C@H]2[C@@H](C1)c1cccc3c1N2CCN3C. The summed E-state index contributed by atoms with van der Waals surface area (Å²) in [6, 6.07) is 9.75. The minimum absolute atomic E-state index is 0.677. The molecule has 5 rings (SSSR count). The highest BCUT2D eigenvalue weighted by Gasteiger charge is 2.44. The Morgan fingerprint density at radius 3 is 3.00 bits per heavy atom. The van der Waals surface area contributed by atoms with Gasteiger partial charge in [-0.25, -0.2) is 0 Å². The first-order chi connectivity index (χ1) is 13.3. The molecule has 0 N–H and O–H groups in total. The number of methoxy groups -OCH3 is 1. The number of para-hydroxylation sites is 1. The van der Waals surface area contributed by atoms with Gasteiger partial charge in [0.05, 0.1) is 18.5 Å². The van der Waals surface area contributed by atoms with Gasteiger partial charge < -0.3 is 19.4 Å². The van der Waals surface area contributed by atoms with Crippen molar-refractivity contribution in [1.29, 1.82) is 0 Å². The van der Waals surface area contributed by atoms with Crippen LogP contribution >= 0.6 is 11.3 Å². The maximum atomic E-state index is 5.46. The molecule has 3 aliphatic heterocycles. The molecule has 1 fully saturated rings. The maximum absolute atomic E-state index is 5.46.